The standard InChI is InChI=1S/C21H26N2O5/c1-24-18-11-15(12-19(25-2)21(18)26-3)20(23-8-6-22-7-9-23)14-4-5-16-17(10-14)28-13-27-16/h4-5,10-12,20,22H,6-9,13H2,1-3H3. The van der Waals surface area contributed by atoms with Gasteiger partial charge in [0.15, 0.2) is 23.0 Å². The molecule has 2 heterocycles. The Hall–Kier alpha value is -2.64. The Bertz CT molecular complexity index is 811. The Balaban J connectivity index is 1.81. The van der Waals surface area contributed by atoms with E-state index in [9.17, 15) is 0 Å². The second-order valence-electron chi connectivity index (χ2n) is 6.76. The molecule has 0 aliphatic carbocycles. The van der Waals surface area contributed by atoms with Gasteiger partial charge in [-0.3, -0.25) is 4.90 Å². The first-order valence-corrected chi connectivity index (χ1v) is 9.39. The lowest BCUT2D eigenvalue weighted by atomic mass is 9.95. The largest absolute Gasteiger partial charge is 0.493 e. The van der Waals surface area contributed by atoms with Crippen LogP contribution in [0.3, 0.4) is 0 Å². The van der Waals surface area contributed by atoms with Crippen LogP contribution in [0.15, 0.2) is 30.3 Å². The monoisotopic (exact) mass is 386 g/mol. The summed E-state index contributed by atoms with van der Waals surface area (Å²) in [5.41, 5.74) is 2.22. The first-order valence-electron chi connectivity index (χ1n) is 9.39. The van der Waals surface area contributed by atoms with Crippen molar-refractivity contribution in [2.75, 3.05) is 54.3 Å². The first-order chi connectivity index (χ1) is 13.7. The smallest absolute Gasteiger partial charge is 0.231 e. The zero-order chi connectivity index (χ0) is 19.5. The van der Waals surface area contributed by atoms with Gasteiger partial charge in [-0.25, -0.2) is 0 Å². The van der Waals surface area contributed by atoms with Gasteiger partial charge in [-0.1, -0.05) is 6.07 Å². The fourth-order valence-corrected chi connectivity index (χ4v) is 3.90. The van der Waals surface area contributed by atoms with Crippen molar-refractivity contribution in [1.29, 1.82) is 0 Å². The van der Waals surface area contributed by atoms with Crippen LogP contribution in [0.5, 0.6) is 28.7 Å². The van der Waals surface area contributed by atoms with Crippen LogP contribution < -0.4 is 29.0 Å². The van der Waals surface area contributed by atoms with E-state index in [-0.39, 0.29) is 12.8 Å². The van der Waals surface area contributed by atoms with Gasteiger partial charge in [0.05, 0.1) is 27.4 Å². The minimum atomic E-state index is 0.0327. The molecule has 0 spiro atoms. The van der Waals surface area contributed by atoms with E-state index >= 15 is 0 Å². The van der Waals surface area contributed by atoms with Gasteiger partial charge in [0.2, 0.25) is 12.5 Å². The molecule has 2 aliphatic rings. The summed E-state index contributed by atoms with van der Waals surface area (Å²) in [5.74, 6) is 3.46. The van der Waals surface area contributed by atoms with Gasteiger partial charge in [-0.05, 0) is 35.4 Å². The van der Waals surface area contributed by atoms with Gasteiger partial charge in [-0.15, -0.1) is 0 Å². The molecule has 1 atom stereocenters. The summed E-state index contributed by atoms with van der Waals surface area (Å²) in [6, 6.07) is 10.2. The number of methoxy groups -OCH3 is 3. The third-order valence-corrected chi connectivity index (χ3v) is 5.23. The van der Waals surface area contributed by atoms with Crippen molar-refractivity contribution in [3.63, 3.8) is 0 Å². The van der Waals surface area contributed by atoms with Crippen LogP contribution in [0.4, 0.5) is 0 Å². The molecule has 1 N–H and O–H groups in total. The van der Waals surface area contributed by atoms with Crippen LogP contribution in [0.1, 0.15) is 17.2 Å². The van der Waals surface area contributed by atoms with Crippen molar-refractivity contribution in [3.05, 3.63) is 41.5 Å². The topological polar surface area (TPSA) is 61.4 Å². The van der Waals surface area contributed by atoms with Crippen molar-refractivity contribution < 1.29 is 23.7 Å². The van der Waals surface area contributed by atoms with Crippen LogP contribution in [0.2, 0.25) is 0 Å². The predicted molar refractivity (Wildman–Crippen MR) is 105 cm³/mol. The average Bonchev–Trinajstić information content (AvgIpc) is 3.22. The van der Waals surface area contributed by atoms with E-state index in [1.54, 1.807) is 21.3 Å². The van der Waals surface area contributed by atoms with Crippen molar-refractivity contribution in [1.82, 2.24) is 10.2 Å². The van der Waals surface area contributed by atoms with E-state index < -0.39 is 0 Å². The minimum absolute atomic E-state index is 0.0327. The number of fused-ring (bicyclic) bond motifs is 1. The Morgan fingerprint density at radius 3 is 2.18 bits per heavy atom. The molecule has 2 aromatic carbocycles. The molecule has 150 valence electrons. The van der Waals surface area contributed by atoms with E-state index in [1.165, 1.54) is 0 Å². The quantitative estimate of drug-likeness (QED) is 0.818. The number of benzene rings is 2. The Morgan fingerprint density at radius 2 is 1.54 bits per heavy atom. The number of nitrogens with zero attached hydrogens (tertiary/aromatic N) is 1. The number of piperazine rings is 1. The summed E-state index contributed by atoms with van der Waals surface area (Å²) in [4.78, 5) is 2.45. The maximum Gasteiger partial charge on any atom is 0.231 e. The van der Waals surface area contributed by atoms with Crippen LogP contribution in [-0.4, -0.2) is 59.2 Å². The molecule has 0 amide bonds. The SMILES string of the molecule is COc1cc(C(c2ccc3c(c2)OCO3)N2CCNCC2)cc(OC)c1OC. The highest BCUT2D eigenvalue weighted by molar-refractivity contribution is 5.56. The van der Waals surface area contributed by atoms with Gasteiger partial charge in [0.25, 0.3) is 0 Å². The third kappa shape index (κ3) is 3.43. The Labute approximate surface area is 165 Å². The summed E-state index contributed by atoms with van der Waals surface area (Å²) in [6.07, 6.45) is 0. The molecule has 1 fully saturated rings. The van der Waals surface area contributed by atoms with Crippen LogP contribution in [0, 0.1) is 0 Å². The first kappa shape index (κ1) is 18.7. The summed E-state index contributed by atoms with van der Waals surface area (Å²) < 4.78 is 27.8. The maximum atomic E-state index is 5.62. The van der Waals surface area contributed by atoms with Crippen molar-refractivity contribution >= 4 is 0 Å². The van der Waals surface area contributed by atoms with Gasteiger partial charge < -0.3 is 29.0 Å². The molecule has 0 saturated carbocycles. The summed E-state index contributed by atoms with van der Waals surface area (Å²) in [5, 5.41) is 3.42. The lowest BCUT2D eigenvalue weighted by Crippen LogP contribution is -2.45. The summed E-state index contributed by atoms with van der Waals surface area (Å²) >= 11 is 0. The highest BCUT2D eigenvalue weighted by Crippen LogP contribution is 2.43. The second kappa shape index (κ2) is 8.16. The molecule has 1 unspecified atom stereocenters. The zero-order valence-corrected chi connectivity index (χ0v) is 16.5. The van der Waals surface area contributed by atoms with E-state index in [0.29, 0.717) is 17.2 Å². The third-order valence-electron chi connectivity index (χ3n) is 5.23. The van der Waals surface area contributed by atoms with Gasteiger partial charge in [0, 0.05) is 26.2 Å². The highest BCUT2D eigenvalue weighted by Gasteiger charge is 2.28. The molecule has 7 nitrogen and oxygen atoms in total. The average molecular weight is 386 g/mol. The van der Waals surface area contributed by atoms with Crippen molar-refractivity contribution in [2.24, 2.45) is 0 Å². The number of hydrogen-bond donors (Lipinski definition) is 1. The van der Waals surface area contributed by atoms with E-state index in [4.69, 9.17) is 23.7 Å². The summed E-state index contributed by atoms with van der Waals surface area (Å²) in [6.45, 7) is 4.05. The van der Waals surface area contributed by atoms with Gasteiger partial charge >= 0.3 is 0 Å². The number of hydrogen-bond acceptors (Lipinski definition) is 7. The number of rotatable bonds is 6. The second-order valence-corrected chi connectivity index (χ2v) is 6.76. The molecule has 1 saturated heterocycles. The Kier molecular flexibility index (Phi) is 5.45. The van der Waals surface area contributed by atoms with Gasteiger partial charge in [0.1, 0.15) is 0 Å². The normalized spacial score (nSPS) is 17.2. The maximum absolute atomic E-state index is 5.62. The highest BCUT2D eigenvalue weighted by atomic mass is 16.7. The zero-order valence-electron chi connectivity index (χ0n) is 16.5. The molecular weight excluding hydrogens is 360 g/mol. The van der Waals surface area contributed by atoms with Gasteiger partial charge in [-0.2, -0.15) is 0 Å². The minimum Gasteiger partial charge on any atom is -0.493 e. The molecule has 7 heteroatoms. The summed E-state index contributed by atoms with van der Waals surface area (Å²) in [7, 11) is 4.90. The molecule has 2 aliphatic heterocycles. The lowest BCUT2D eigenvalue weighted by molar-refractivity contribution is 0.173. The van der Waals surface area contributed by atoms with E-state index in [0.717, 1.165) is 48.8 Å². The van der Waals surface area contributed by atoms with Crippen LogP contribution >= 0.6 is 0 Å². The van der Waals surface area contributed by atoms with E-state index in [2.05, 4.69) is 22.3 Å². The fraction of sp³-hybridized carbons (Fsp3) is 0.429. The lowest BCUT2D eigenvalue weighted by Gasteiger charge is -2.36. The van der Waals surface area contributed by atoms with Crippen LogP contribution in [-0.2, 0) is 0 Å². The van der Waals surface area contributed by atoms with E-state index in [1.807, 2.05) is 18.2 Å². The number of ether oxygens (including phenoxy) is 5. The molecule has 28 heavy (non-hydrogen) atoms. The predicted octanol–water partition coefficient (Wildman–Crippen LogP) is 2.44. The fourth-order valence-electron chi connectivity index (χ4n) is 3.90. The molecular formula is C21H26N2O5. The van der Waals surface area contributed by atoms with Crippen molar-refractivity contribution in [2.45, 2.75) is 6.04 Å². The van der Waals surface area contributed by atoms with Crippen LogP contribution in [0.25, 0.3) is 0 Å². The molecule has 0 radical (unpaired) electrons. The molecule has 0 aromatic heterocycles. The van der Waals surface area contributed by atoms with Crippen molar-refractivity contribution in [3.8, 4) is 28.7 Å². The molecule has 4 rings (SSSR count). The molecule has 2 aromatic rings. The number of nitrogens with one attached hydrogen (secondary N) is 1. The Morgan fingerprint density at radius 1 is 0.857 bits per heavy atom. The molecule has 0 bridgehead atoms.